The van der Waals surface area contributed by atoms with E-state index in [9.17, 15) is 9.59 Å². The summed E-state index contributed by atoms with van der Waals surface area (Å²) in [5, 5.41) is 6.01. The van der Waals surface area contributed by atoms with Crippen molar-refractivity contribution in [3.05, 3.63) is 29.3 Å². The minimum absolute atomic E-state index is 0. The predicted molar refractivity (Wildman–Crippen MR) is 99.5 cm³/mol. The van der Waals surface area contributed by atoms with Gasteiger partial charge in [0.05, 0.1) is 6.54 Å². The first-order chi connectivity index (χ1) is 11.0. The molecule has 1 saturated carbocycles. The molecule has 0 unspecified atom stereocenters. The normalized spacial score (nSPS) is 15.9. The Balaban J connectivity index is 0.00000288. The predicted octanol–water partition coefficient (Wildman–Crippen LogP) is 3.12. The fraction of sp³-hybridized carbons (Fsp3) is 0.529. The van der Waals surface area contributed by atoms with Crippen LogP contribution in [-0.4, -0.2) is 24.9 Å². The molecule has 0 aromatic heterocycles. The van der Waals surface area contributed by atoms with Crippen LogP contribution >= 0.6 is 24.0 Å². The van der Waals surface area contributed by atoms with Gasteiger partial charge in [0, 0.05) is 17.1 Å². The largest absolute Gasteiger partial charge is 0.347 e. The van der Waals surface area contributed by atoms with Gasteiger partial charge < -0.3 is 16.4 Å². The fourth-order valence-electron chi connectivity index (χ4n) is 3.08. The summed E-state index contributed by atoms with van der Waals surface area (Å²) >= 11 is 5.79. The first kappa shape index (κ1) is 20.7. The van der Waals surface area contributed by atoms with Crippen LogP contribution in [0.3, 0.4) is 0 Å². The molecule has 0 saturated heterocycles. The molecular weight excluding hydrogens is 349 g/mol. The SMILES string of the molecule is Cl.NCC1(CC(=O)NCC(=O)Nc2ccc(Cl)cc2)CCCCC1. The van der Waals surface area contributed by atoms with Crippen molar-refractivity contribution >= 4 is 41.5 Å². The van der Waals surface area contributed by atoms with Gasteiger partial charge in [0.15, 0.2) is 0 Å². The van der Waals surface area contributed by atoms with Crippen LogP contribution in [0.1, 0.15) is 38.5 Å². The summed E-state index contributed by atoms with van der Waals surface area (Å²) in [5.41, 5.74) is 6.45. The summed E-state index contributed by atoms with van der Waals surface area (Å²) in [7, 11) is 0. The maximum Gasteiger partial charge on any atom is 0.243 e. The minimum atomic E-state index is -0.258. The Morgan fingerprint density at radius 3 is 2.29 bits per heavy atom. The van der Waals surface area contributed by atoms with Gasteiger partial charge in [0.25, 0.3) is 0 Å². The van der Waals surface area contributed by atoms with E-state index in [0.717, 1.165) is 25.7 Å². The number of carbonyl (C=O) groups is 2. The van der Waals surface area contributed by atoms with E-state index in [1.54, 1.807) is 24.3 Å². The van der Waals surface area contributed by atoms with Gasteiger partial charge in [0.2, 0.25) is 11.8 Å². The van der Waals surface area contributed by atoms with Gasteiger partial charge in [-0.3, -0.25) is 9.59 Å². The van der Waals surface area contributed by atoms with Gasteiger partial charge in [-0.1, -0.05) is 30.9 Å². The molecule has 24 heavy (non-hydrogen) atoms. The summed E-state index contributed by atoms with van der Waals surface area (Å²) in [4.78, 5) is 24.0. The van der Waals surface area contributed by atoms with Gasteiger partial charge in [-0.25, -0.2) is 0 Å². The number of hydrogen-bond acceptors (Lipinski definition) is 3. The molecule has 0 aliphatic heterocycles. The van der Waals surface area contributed by atoms with Crippen molar-refractivity contribution < 1.29 is 9.59 Å². The molecule has 1 aromatic carbocycles. The molecule has 1 fully saturated rings. The first-order valence-electron chi connectivity index (χ1n) is 8.05. The molecule has 0 bridgehead atoms. The standard InChI is InChI=1S/C17H24ClN3O2.ClH/c18-13-4-6-14(7-5-13)21-16(23)11-20-15(22)10-17(12-19)8-2-1-3-9-17;/h4-7H,1-3,8-12,19H2,(H,20,22)(H,21,23);1H. The number of nitrogens with one attached hydrogen (secondary N) is 2. The highest BCUT2D eigenvalue weighted by Gasteiger charge is 2.32. The van der Waals surface area contributed by atoms with Gasteiger partial charge in [-0.05, 0) is 49.1 Å². The molecular formula is C17H25Cl2N3O2. The number of anilines is 1. The van der Waals surface area contributed by atoms with E-state index in [1.165, 1.54) is 6.42 Å². The van der Waals surface area contributed by atoms with Crippen molar-refractivity contribution in [3.63, 3.8) is 0 Å². The average molecular weight is 374 g/mol. The molecule has 1 aliphatic carbocycles. The van der Waals surface area contributed by atoms with Crippen LogP contribution in [-0.2, 0) is 9.59 Å². The molecule has 134 valence electrons. The second-order valence-corrected chi connectivity index (χ2v) is 6.71. The highest BCUT2D eigenvalue weighted by molar-refractivity contribution is 6.30. The summed E-state index contributed by atoms with van der Waals surface area (Å²) in [6, 6.07) is 6.83. The Morgan fingerprint density at radius 2 is 1.71 bits per heavy atom. The Morgan fingerprint density at radius 1 is 1.08 bits per heavy atom. The van der Waals surface area contributed by atoms with E-state index in [4.69, 9.17) is 17.3 Å². The van der Waals surface area contributed by atoms with Crippen LogP contribution in [0.5, 0.6) is 0 Å². The third-order valence-corrected chi connectivity index (χ3v) is 4.71. The number of benzene rings is 1. The fourth-order valence-corrected chi connectivity index (χ4v) is 3.20. The average Bonchev–Trinajstić information content (AvgIpc) is 2.56. The summed E-state index contributed by atoms with van der Waals surface area (Å²) in [6.45, 7) is 0.486. The van der Waals surface area contributed by atoms with E-state index in [2.05, 4.69) is 10.6 Å². The zero-order chi connectivity index (χ0) is 16.7. The molecule has 0 heterocycles. The Hall–Kier alpha value is -1.30. The van der Waals surface area contributed by atoms with Crippen molar-refractivity contribution in [2.45, 2.75) is 38.5 Å². The van der Waals surface area contributed by atoms with E-state index >= 15 is 0 Å². The monoisotopic (exact) mass is 373 g/mol. The summed E-state index contributed by atoms with van der Waals surface area (Å²) in [6.07, 6.45) is 5.86. The number of carbonyl (C=O) groups excluding carboxylic acids is 2. The van der Waals surface area contributed by atoms with Gasteiger partial charge in [0.1, 0.15) is 0 Å². The molecule has 1 aliphatic rings. The van der Waals surface area contributed by atoms with Gasteiger partial charge in [-0.2, -0.15) is 0 Å². The van der Waals surface area contributed by atoms with Crippen molar-refractivity contribution in [2.75, 3.05) is 18.4 Å². The van der Waals surface area contributed by atoms with E-state index in [0.29, 0.717) is 23.7 Å². The van der Waals surface area contributed by atoms with E-state index < -0.39 is 0 Å². The molecule has 2 amide bonds. The lowest BCUT2D eigenvalue weighted by Crippen LogP contribution is -2.40. The first-order valence-corrected chi connectivity index (χ1v) is 8.43. The molecule has 0 radical (unpaired) electrons. The maximum absolute atomic E-state index is 12.1. The summed E-state index contributed by atoms with van der Waals surface area (Å²) < 4.78 is 0. The number of amides is 2. The van der Waals surface area contributed by atoms with Crippen LogP contribution in [0.15, 0.2) is 24.3 Å². The van der Waals surface area contributed by atoms with Crippen LogP contribution in [0.4, 0.5) is 5.69 Å². The third-order valence-electron chi connectivity index (χ3n) is 4.46. The smallest absolute Gasteiger partial charge is 0.243 e. The third kappa shape index (κ3) is 6.30. The van der Waals surface area contributed by atoms with Crippen molar-refractivity contribution in [3.8, 4) is 0 Å². The van der Waals surface area contributed by atoms with E-state index in [-0.39, 0.29) is 36.2 Å². The molecule has 4 N–H and O–H groups in total. The number of hydrogen-bond donors (Lipinski definition) is 3. The zero-order valence-corrected chi connectivity index (χ0v) is 15.2. The highest BCUT2D eigenvalue weighted by atomic mass is 35.5. The van der Waals surface area contributed by atoms with Crippen LogP contribution < -0.4 is 16.4 Å². The Bertz CT molecular complexity index is 543. The molecule has 0 atom stereocenters. The molecule has 0 spiro atoms. The van der Waals surface area contributed by atoms with Gasteiger partial charge in [-0.15, -0.1) is 12.4 Å². The molecule has 5 nitrogen and oxygen atoms in total. The number of nitrogens with two attached hydrogens (primary N) is 1. The molecule has 2 rings (SSSR count). The van der Waals surface area contributed by atoms with Crippen molar-refractivity contribution in [2.24, 2.45) is 11.1 Å². The highest BCUT2D eigenvalue weighted by Crippen LogP contribution is 2.38. The molecule has 1 aromatic rings. The Kier molecular flexibility index (Phi) is 8.53. The zero-order valence-electron chi connectivity index (χ0n) is 13.6. The van der Waals surface area contributed by atoms with Crippen molar-refractivity contribution in [1.29, 1.82) is 0 Å². The van der Waals surface area contributed by atoms with Crippen LogP contribution in [0, 0.1) is 5.41 Å². The maximum atomic E-state index is 12.1. The topological polar surface area (TPSA) is 84.2 Å². The van der Waals surface area contributed by atoms with Gasteiger partial charge >= 0.3 is 0 Å². The lowest BCUT2D eigenvalue weighted by Gasteiger charge is -2.35. The van der Waals surface area contributed by atoms with E-state index in [1.807, 2.05) is 0 Å². The van der Waals surface area contributed by atoms with Crippen LogP contribution in [0.25, 0.3) is 0 Å². The number of halogens is 2. The second-order valence-electron chi connectivity index (χ2n) is 6.27. The van der Waals surface area contributed by atoms with Crippen LogP contribution in [0.2, 0.25) is 5.02 Å². The number of rotatable bonds is 6. The Labute approximate surface area is 154 Å². The lowest BCUT2D eigenvalue weighted by atomic mass is 9.71. The minimum Gasteiger partial charge on any atom is -0.347 e. The quantitative estimate of drug-likeness (QED) is 0.715. The van der Waals surface area contributed by atoms with Crippen molar-refractivity contribution in [1.82, 2.24) is 5.32 Å². The summed E-state index contributed by atoms with van der Waals surface area (Å²) in [5.74, 6) is -0.366. The lowest BCUT2D eigenvalue weighted by molar-refractivity contribution is -0.126. The molecule has 7 heteroatoms. The second kappa shape index (κ2) is 9.87.